The van der Waals surface area contributed by atoms with Gasteiger partial charge in [-0.2, -0.15) is 13.2 Å². The topological polar surface area (TPSA) is 59.6 Å². The normalized spacial score (nSPS) is 17.7. The van der Waals surface area contributed by atoms with Crippen LogP contribution < -0.4 is 16.1 Å². The number of rotatable bonds is 3. The average Bonchev–Trinajstić information content (AvgIpc) is 2.84. The molecule has 0 spiro atoms. The third-order valence-electron chi connectivity index (χ3n) is 5.24. The fourth-order valence-electron chi connectivity index (χ4n) is 2.78. The maximum atomic E-state index is 13.8. The van der Waals surface area contributed by atoms with Crippen LogP contribution in [0.2, 0.25) is 0 Å². The third kappa shape index (κ3) is 4.60. The molecule has 2 N–H and O–H groups in total. The molecule has 30 heavy (non-hydrogen) atoms. The molecule has 0 saturated carbocycles. The van der Waals surface area contributed by atoms with E-state index >= 15 is 0 Å². The largest absolute Gasteiger partial charge is 0.494 e. The van der Waals surface area contributed by atoms with Gasteiger partial charge in [-0.25, -0.2) is 9.18 Å². The van der Waals surface area contributed by atoms with E-state index in [0.717, 1.165) is 5.46 Å². The molecule has 0 aromatic heterocycles. The molecule has 0 unspecified atom stereocenters. The SMILES string of the molecule is CC1(C)OB(c2ccc(NC(=O)Nc3cc(C(F)(F)F)ccc3F)cc2)OC1(C)C. The lowest BCUT2D eigenvalue weighted by molar-refractivity contribution is -0.137. The highest BCUT2D eigenvalue weighted by Gasteiger charge is 2.51. The van der Waals surface area contributed by atoms with Crippen LogP contribution >= 0.6 is 0 Å². The Hall–Kier alpha value is -2.59. The highest BCUT2D eigenvalue weighted by atomic mass is 19.4. The molecule has 160 valence electrons. The number of hydrogen-bond donors (Lipinski definition) is 2. The van der Waals surface area contributed by atoms with Crippen LogP contribution in [0.15, 0.2) is 42.5 Å². The first-order valence-corrected chi connectivity index (χ1v) is 9.19. The quantitative estimate of drug-likeness (QED) is 0.551. The Kier molecular flexibility index (Phi) is 5.59. The molecule has 0 atom stereocenters. The Bertz CT molecular complexity index is 930. The monoisotopic (exact) mass is 424 g/mol. The number of carbonyl (C=O) groups excluding carboxylic acids is 1. The summed E-state index contributed by atoms with van der Waals surface area (Å²) in [6, 6.07) is 7.48. The van der Waals surface area contributed by atoms with E-state index < -0.39 is 47.6 Å². The molecule has 2 aromatic carbocycles. The molecule has 1 saturated heterocycles. The number of nitrogens with one attached hydrogen (secondary N) is 2. The second-order valence-electron chi connectivity index (χ2n) is 7.98. The molecular formula is C20H21BF4N2O3. The zero-order valence-electron chi connectivity index (χ0n) is 16.9. The highest BCUT2D eigenvalue weighted by Crippen LogP contribution is 2.36. The molecule has 0 aliphatic carbocycles. The van der Waals surface area contributed by atoms with Gasteiger partial charge in [-0.05, 0) is 63.5 Å². The number of urea groups is 1. The van der Waals surface area contributed by atoms with Crippen molar-refractivity contribution in [3.63, 3.8) is 0 Å². The van der Waals surface area contributed by atoms with Gasteiger partial charge in [-0.15, -0.1) is 0 Å². The number of carbonyl (C=O) groups is 1. The summed E-state index contributed by atoms with van der Waals surface area (Å²) in [4.78, 5) is 12.1. The van der Waals surface area contributed by atoms with Crippen molar-refractivity contribution >= 4 is 30.0 Å². The minimum Gasteiger partial charge on any atom is -0.399 e. The Balaban J connectivity index is 1.66. The van der Waals surface area contributed by atoms with Crippen LogP contribution in [0, 0.1) is 5.82 Å². The zero-order chi connectivity index (χ0) is 22.3. The highest BCUT2D eigenvalue weighted by molar-refractivity contribution is 6.62. The van der Waals surface area contributed by atoms with Crippen LogP contribution in [-0.2, 0) is 15.5 Å². The van der Waals surface area contributed by atoms with E-state index in [1.165, 1.54) is 0 Å². The van der Waals surface area contributed by atoms with Crippen molar-refractivity contribution in [3.05, 3.63) is 53.8 Å². The van der Waals surface area contributed by atoms with E-state index in [4.69, 9.17) is 9.31 Å². The first-order valence-electron chi connectivity index (χ1n) is 9.19. The van der Waals surface area contributed by atoms with Gasteiger partial charge in [0.25, 0.3) is 0 Å². The summed E-state index contributed by atoms with van der Waals surface area (Å²) in [5.41, 5.74) is -1.53. The predicted octanol–water partition coefficient (Wildman–Crippen LogP) is 4.79. The molecule has 1 aliphatic heterocycles. The Morgan fingerprint density at radius 1 is 0.933 bits per heavy atom. The van der Waals surface area contributed by atoms with Crippen molar-refractivity contribution in [2.75, 3.05) is 10.6 Å². The summed E-state index contributed by atoms with van der Waals surface area (Å²) in [5, 5.41) is 4.53. The van der Waals surface area contributed by atoms with Crippen molar-refractivity contribution in [3.8, 4) is 0 Å². The number of benzene rings is 2. The Morgan fingerprint density at radius 3 is 2.03 bits per heavy atom. The van der Waals surface area contributed by atoms with Gasteiger partial charge in [-0.3, -0.25) is 0 Å². The fraction of sp³-hybridized carbons (Fsp3) is 0.350. The summed E-state index contributed by atoms with van der Waals surface area (Å²) in [6.45, 7) is 7.72. The van der Waals surface area contributed by atoms with Gasteiger partial charge in [0.2, 0.25) is 0 Å². The zero-order valence-corrected chi connectivity index (χ0v) is 16.9. The Morgan fingerprint density at radius 2 is 1.50 bits per heavy atom. The molecule has 1 aliphatic rings. The van der Waals surface area contributed by atoms with Crippen LogP contribution in [0.1, 0.15) is 33.3 Å². The predicted molar refractivity (Wildman–Crippen MR) is 106 cm³/mol. The lowest BCUT2D eigenvalue weighted by Gasteiger charge is -2.32. The van der Waals surface area contributed by atoms with E-state index in [1.54, 1.807) is 24.3 Å². The van der Waals surface area contributed by atoms with Gasteiger partial charge in [0.15, 0.2) is 0 Å². The third-order valence-corrected chi connectivity index (χ3v) is 5.24. The molecule has 3 rings (SSSR count). The van der Waals surface area contributed by atoms with Crippen molar-refractivity contribution in [2.45, 2.75) is 45.1 Å². The van der Waals surface area contributed by atoms with Crippen LogP contribution in [-0.4, -0.2) is 24.4 Å². The first kappa shape index (κ1) is 22.1. The van der Waals surface area contributed by atoms with Gasteiger partial charge in [-0.1, -0.05) is 12.1 Å². The summed E-state index contributed by atoms with van der Waals surface area (Å²) in [5.74, 6) is -0.978. The van der Waals surface area contributed by atoms with E-state index in [-0.39, 0.29) is 0 Å². The van der Waals surface area contributed by atoms with Crippen molar-refractivity contribution in [1.29, 1.82) is 0 Å². The molecule has 0 bridgehead atoms. The lowest BCUT2D eigenvalue weighted by Crippen LogP contribution is -2.41. The van der Waals surface area contributed by atoms with Gasteiger partial charge < -0.3 is 19.9 Å². The molecule has 0 radical (unpaired) electrons. The lowest BCUT2D eigenvalue weighted by atomic mass is 9.79. The van der Waals surface area contributed by atoms with Gasteiger partial charge in [0.05, 0.1) is 22.5 Å². The number of anilines is 2. The van der Waals surface area contributed by atoms with Crippen LogP contribution in [0.3, 0.4) is 0 Å². The number of alkyl halides is 3. The smallest absolute Gasteiger partial charge is 0.399 e. The van der Waals surface area contributed by atoms with Crippen molar-refractivity contribution in [1.82, 2.24) is 0 Å². The van der Waals surface area contributed by atoms with E-state index in [9.17, 15) is 22.4 Å². The Labute approximate surface area is 171 Å². The second-order valence-corrected chi connectivity index (χ2v) is 7.98. The molecule has 10 heteroatoms. The molecule has 5 nitrogen and oxygen atoms in total. The maximum Gasteiger partial charge on any atom is 0.494 e. The van der Waals surface area contributed by atoms with Crippen molar-refractivity contribution in [2.24, 2.45) is 0 Å². The van der Waals surface area contributed by atoms with Gasteiger partial charge >= 0.3 is 19.3 Å². The second kappa shape index (κ2) is 7.59. The number of halogens is 4. The minimum absolute atomic E-state index is 0.361. The molecule has 1 heterocycles. The van der Waals surface area contributed by atoms with Crippen LogP contribution in [0.25, 0.3) is 0 Å². The van der Waals surface area contributed by atoms with Crippen LogP contribution in [0.5, 0.6) is 0 Å². The average molecular weight is 424 g/mol. The summed E-state index contributed by atoms with van der Waals surface area (Å²) in [7, 11) is -0.572. The molecule has 1 fully saturated rings. The summed E-state index contributed by atoms with van der Waals surface area (Å²) < 4.78 is 64.0. The van der Waals surface area contributed by atoms with Crippen molar-refractivity contribution < 1.29 is 31.7 Å². The van der Waals surface area contributed by atoms with E-state index in [0.29, 0.717) is 23.9 Å². The number of amides is 2. The molecular weight excluding hydrogens is 403 g/mol. The minimum atomic E-state index is -4.65. The van der Waals surface area contributed by atoms with Gasteiger partial charge in [0, 0.05) is 5.69 Å². The van der Waals surface area contributed by atoms with E-state index in [2.05, 4.69) is 10.6 Å². The van der Waals surface area contributed by atoms with Crippen LogP contribution in [0.4, 0.5) is 33.7 Å². The molecule has 2 aromatic rings. The molecule has 2 amide bonds. The summed E-state index contributed by atoms with van der Waals surface area (Å²) in [6.07, 6.45) is -4.65. The van der Waals surface area contributed by atoms with E-state index in [1.807, 2.05) is 27.7 Å². The maximum absolute atomic E-state index is 13.8. The standard InChI is InChI=1S/C20H21BF4N2O3/c1-18(2)19(3,4)30-21(29-18)13-6-8-14(9-7-13)26-17(28)27-16-11-12(20(23,24)25)5-10-15(16)22/h5-11H,1-4H3,(H2,26,27,28). The first-order chi connectivity index (χ1) is 13.8. The number of hydrogen-bond acceptors (Lipinski definition) is 3. The summed E-state index contributed by atoms with van der Waals surface area (Å²) >= 11 is 0. The van der Waals surface area contributed by atoms with Gasteiger partial charge in [0.1, 0.15) is 5.82 Å². The fourth-order valence-corrected chi connectivity index (χ4v) is 2.78.